The lowest BCUT2D eigenvalue weighted by Crippen LogP contribution is -2.50. The smallest absolute Gasteiger partial charge is 0.282 e. The van der Waals surface area contributed by atoms with Gasteiger partial charge in [0, 0.05) is 13.1 Å². The van der Waals surface area contributed by atoms with Gasteiger partial charge in [0.1, 0.15) is 11.5 Å². The minimum atomic E-state index is -3.62. The molecule has 1 aromatic rings. The quantitative estimate of drug-likeness (QED) is 0.833. The van der Waals surface area contributed by atoms with Crippen molar-refractivity contribution in [2.75, 3.05) is 26.2 Å². The Hall–Kier alpha value is -1.40. The van der Waals surface area contributed by atoms with Gasteiger partial charge in [0.15, 0.2) is 6.10 Å². The molecule has 7 nitrogen and oxygen atoms in total. The monoisotopic (exact) mass is 325 g/mol. The van der Waals surface area contributed by atoms with E-state index in [4.69, 9.17) is 14.4 Å². The highest BCUT2D eigenvalue weighted by atomic mass is 32.2. The van der Waals surface area contributed by atoms with Crippen molar-refractivity contribution in [1.29, 1.82) is 5.26 Å². The van der Waals surface area contributed by atoms with Gasteiger partial charge in [-0.2, -0.15) is 22.3 Å². The van der Waals surface area contributed by atoms with Gasteiger partial charge in [-0.3, -0.25) is 0 Å². The fraction of sp³-hybridized carbons (Fsp3) is 0.643. The standard InChI is InChI=1S/C14H19N3O4S/c1-11-4-5-14(21-11)13-3-2-6-17(13)22(18,19)16-7-8-20-12(9-15)10-16/h4-5,12-13H,2-3,6-8,10H2,1H3/t12-,13+/m1/s1. The van der Waals surface area contributed by atoms with Gasteiger partial charge in [-0.25, -0.2) is 0 Å². The summed E-state index contributed by atoms with van der Waals surface area (Å²) in [6.45, 7) is 2.92. The fourth-order valence-electron chi connectivity index (χ4n) is 2.99. The molecule has 0 unspecified atom stereocenters. The maximum absolute atomic E-state index is 12.9. The predicted octanol–water partition coefficient (Wildman–Crippen LogP) is 1.19. The highest BCUT2D eigenvalue weighted by Crippen LogP contribution is 2.36. The van der Waals surface area contributed by atoms with Gasteiger partial charge in [0.2, 0.25) is 0 Å². The molecule has 3 rings (SSSR count). The van der Waals surface area contributed by atoms with Crippen molar-refractivity contribution in [2.45, 2.75) is 31.9 Å². The fourth-order valence-corrected chi connectivity index (χ4v) is 4.81. The number of nitriles is 1. The summed E-state index contributed by atoms with van der Waals surface area (Å²) in [5.74, 6) is 1.46. The molecule has 120 valence electrons. The third-order valence-electron chi connectivity index (χ3n) is 4.09. The maximum Gasteiger partial charge on any atom is 0.282 e. The maximum atomic E-state index is 12.9. The second-order valence-electron chi connectivity index (χ2n) is 5.57. The van der Waals surface area contributed by atoms with Crippen LogP contribution in [0.3, 0.4) is 0 Å². The van der Waals surface area contributed by atoms with Crippen LogP contribution in [0.4, 0.5) is 0 Å². The molecular formula is C14H19N3O4S. The Bertz CT molecular complexity index is 679. The first-order valence-corrected chi connectivity index (χ1v) is 8.76. The van der Waals surface area contributed by atoms with E-state index >= 15 is 0 Å². The third-order valence-corrected chi connectivity index (χ3v) is 6.10. The van der Waals surface area contributed by atoms with Gasteiger partial charge in [-0.1, -0.05) is 0 Å². The Balaban J connectivity index is 1.83. The minimum absolute atomic E-state index is 0.0826. The summed E-state index contributed by atoms with van der Waals surface area (Å²) in [6.07, 6.45) is 0.851. The molecule has 1 aromatic heterocycles. The van der Waals surface area contributed by atoms with Crippen molar-refractivity contribution in [2.24, 2.45) is 0 Å². The van der Waals surface area contributed by atoms with E-state index in [0.717, 1.165) is 18.6 Å². The zero-order chi connectivity index (χ0) is 15.7. The van der Waals surface area contributed by atoms with Crippen LogP contribution >= 0.6 is 0 Å². The Morgan fingerprint density at radius 2 is 2.18 bits per heavy atom. The van der Waals surface area contributed by atoms with Crippen LogP contribution in [0.1, 0.15) is 30.4 Å². The van der Waals surface area contributed by atoms with E-state index in [1.807, 2.05) is 25.1 Å². The lowest BCUT2D eigenvalue weighted by atomic mass is 10.2. The number of morpholine rings is 1. The van der Waals surface area contributed by atoms with E-state index < -0.39 is 16.3 Å². The molecule has 0 N–H and O–H groups in total. The molecule has 2 aliphatic rings. The molecule has 0 saturated carbocycles. The summed E-state index contributed by atoms with van der Waals surface area (Å²) in [7, 11) is -3.62. The number of aryl methyl sites for hydroxylation is 1. The van der Waals surface area contributed by atoms with E-state index in [0.29, 0.717) is 12.3 Å². The van der Waals surface area contributed by atoms with Crippen molar-refractivity contribution >= 4 is 10.2 Å². The number of hydrogen-bond acceptors (Lipinski definition) is 5. The van der Waals surface area contributed by atoms with Crippen LogP contribution in [0.25, 0.3) is 0 Å². The van der Waals surface area contributed by atoms with Gasteiger partial charge in [-0.05, 0) is 31.9 Å². The molecule has 2 fully saturated rings. The van der Waals surface area contributed by atoms with Gasteiger partial charge >= 0.3 is 0 Å². The molecule has 0 spiro atoms. The molecule has 0 bridgehead atoms. The molecule has 22 heavy (non-hydrogen) atoms. The normalized spacial score (nSPS) is 27.8. The van der Waals surface area contributed by atoms with Crippen molar-refractivity contribution in [3.63, 3.8) is 0 Å². The molecular weight excluding hydrogens is 306 g/mol. The lowest BCUT2D eigenvalue weighted by Gasteiger charge is -2.33. The second-order valence-corrected chi connectivity index (χ2v) is 7.45. The van der Waals surface area contributed by atoms with Crippen molar-refractivity contribution in [1.82, 2.24) is 8.61 Å². The van der Waals surface area contributed by atoms with Crippen LogP contribution in [0, 0.1) is 18.3 Å². The summed E-state index contributed by atoms with van der Waals surface area (Å²) in [4.78, 5) is 0. The van der Waals surface area contributed by atoms with Crippen LogP contribution in [-0.2, 0) is 14.9 Å². The zero-order valence-corrected chi connectivity index (χ0v) is 13.3. The number of hydrogen-bond donors (Lipinski definition) is 0. The largest absolute Gasteiger partial charge is 0.465 e. The summed E-state index contributed by atoms with van der Waals surface area (Å²) in [5.41, 5.74) is 0. The summed E-state index contributed by atoms with van der Waals surface area (Å²) in [6, 6.07) is 5.40. The number of nitrogens with zero attached hydrogens (tertiary/aromatic N) is 3. The average Bonchev–Trinajstić information content (AvgIpc) is 3.16. The first-order chi connectivity index (χ1) is 10.5. The van der Waals surface area contributed by atoms with Gasteiger partial charge in [-0.15, -0.1) is 0 Å². The Labute approximate surface area is 130 Å². The molecule has 2 atom stereocenters. The highest BCUT2D eigenvalue weighted by molar-refractivity contribution is 7.86. The van der Waals surface area contributed by atoms with Crippen molar-refractivity contribution < 1.29 is 17.6 Å². The van der Waals surface area contributed by atoms with Gasteiger partial charge in [0.05, 0.1) is 25.3 Å². The average molecular weight is 325 g/mol. The number of furan rings is 1. The van der Waals surface area contributed by atoms with E-state index in [-0.39, 0.29) is 25.7 Å². The van der Waals surface area contributed by atoms with Gasteiger partial charge < -0.3 is 9.15 Å². The summed E-state index contributed by atoms with van der Waals surface area (Å²) < 4.78 is 39.5. The zero-order valence-electron chi connectivity index (χ0n) is 12.4. The first-order valence-electron chi connectivity index (χ1n) is 7.37. The predicted molar refractivity (Wildman–Crippen MR) is 78.0 cm³/mol. The topological polar surface area (TPSA) is 86.8 Å². The highest BCUT2D eigenvalue weighted by Gasteiger charge is 2.41. The SMILES string of the molecule is Cc1ccc([C@@H]2CCCN2S(=O)(=O)N2CCO[C@H](C#N)C2)o1. The molecule has 0 aliphatic carbocycles. The molecule has 2 saturated heterocycles. The number of rotatable bonds is 3. The van der Waals surface area contributed by atoms with Crippen LogP contribution in [0.2, 0.25) is 0 Å². The molecule has 3 heterocycles. The lowest BCUT2D eigenvalue weighted by molar-refractivity contribution is 0.0286. The van der Waals surface area contributed by atoms with E-state index in [1.54, 1.807) is 0 Å². The summed E-state index contributed by atoms with van der Waals surface area (Å²) in [5, 5.41) is 8.95. The second kappa shape index (κ2) is 6.01. The van der Waals surface area contributed by atoms with Crippen LogP contribution in [0.5, 0.6) is 0 Å². The van der Waals surface area contributed by atoms with E-state index in [9.17, 15) is 8.42 Å². The molecule has 8 heteroatoms. The van der Waals surface area contributed by atoms with Crippen LogP contribution in [0.15, 0.2) is 16.5 Å². The van der Waals surface area contributed by atoms with E-state index in [1.165, 1.54) is 8.61 Å². The minimum Gasteiger partial charge on any atom is -0.465 e. The van der Waals surface area contributed by atoms with Crippen molar-refractivity contribution in [3.8, 4) is 6.07 Å². The van der Waals surface area contributed by atoms with E-state index in [2.05, 4.69) is 0 Å². The van der Waals surface area contributed by atoms with Crippen LogP contribution < -0.4 is 0 Å². The van der Waals surface area contributed by atoms with Crippen LogP contribution in [-0.4, -0.2) is 49.4 Å². The number of ether oxygens (including phenoxy) is 1. The third kappa shape index (κ3) is 2.77. The molecule has 0 aromatic carbocycles. The Morgan fingerprint density at radius 3 is 2.86 bits per heavy atom. The molecule has 2 aliphatic heterocycles. The van der Waals surface area contributed by atoms with Gasteiger partial charge in [0.25, 0.3) is 10.2 Å². The molecule has 0 amide bonds. The van der Waals surface area contributed by atoms with Crippen molar-refractivity contribution in [3.05, 3.63) is 23.7 Å². The summed E-state index contributed by atoms with van der Waals surface area (Å²) >= 11 is 0. The Kier molecular flexibility index (Phi) is 4.23. The molecule has 0 radical (unpaired) electrons. The first kappa shape index (κ1) is 15.5. The Morgan fingerprint density at radius 1 is 1.36 bits per heavy atom.